The third-order valence-corrected chi connectivity index (χ3v) is 1.99. The van der Waals surface area contributed by atoms with Gasteiger partial charge in [-0.05, 0) is 12.1 Å². The van der Waals surface area contributed by atoms with Crippen molar-refractivity contribution in [3.8, 4) is 11.5 Å². The van der Waals surface area contributed by atoms with Gasteiger partial charge >= 0.3 is 5.97 Å². The lowest BCUT2D eigenvalue weighted by Crippen LogP contribution is -2.13. The molecule has 0 saturated heterocycles. The Morgan fingerprint density at radius 2 is 2.24 bits per heavy atom. The molecular formula is C11H13NO5. The van der Waals surface area contributed by atoms with E-state index in [9.17, 15) is 4.79 Å². The van der Waals surface area contributed by atoms with Gasteiger partial charge < -0.3 is 19.4 Å². The van der Waals surface area contributed by atoms with E-state index >= 15 is 0 Å². The number of methoxy groups -OCH3 is 2. The third-order valence-electron chi connectivity index (χ3n) is 1.99. The largest absolute Gasteiger partial charge is 0.493 e. The van der Waals surface area contributed by atoms with Crippen LogP contribution in [0, 0.1) is 0 Å². The molecule has 92 valence electrons. The molecule has 0 saturated carbocycles. The van der Waals surface area contributed by atoms with E-state index in [2.05, 4.69) is 9.89 Å². The van der Waals surface area contributed by atoms with Crippen molar-refractivity contribution in [3.63, 3.8) is 0 Å². The molecule has 0 bridgehead atoms. The van der Waals surface area contributed by atoms with Crippen LogP contribution in [0.2, 0.25) is 0 Å². The molecule has 6 nitrogen and oxygen atoms in total. The third kappa shape index (κ3) is 3.37. The summed E-state index contributed by atoms with van der Waals surface area (Å²) in [6, 6.07) is 5.04. The normalized spacial score (nSPS) is 10.2. The Bertz CT molecular complexity index is 416. The summed E-state index contributed by atoms with van der Waals surface area (Å²) in [6.45, 7) is -0.247. The first-order chi connectivity index (χ1) is 8.22. The SMILES string of the molecule is COC(=O)COc1c(C=NO)cccc1OC. The van der Waals surface area contributed by atoms with Gasteiger partial charge in [-0.15, -0.1) is 0 Å². The zero-order chi connectivity index (χ0) is 12.7. The average molecular weight is 239 g/mol. The van der Waals surface area contributed by atoms with Crippen LogP contribution in [-0.2, 0) is 9.53 Å². The Morgan fingerprint density at radius 1 is 1.47 bits per heavy atom. The van der Waals surface area contributed by atoms with E-state index in [1.165, 1.54) is 20.4 Å². The van der Waals surface area contributed by atoms with Crippen molar-refractivity contribution >= 4 is 12.2 Å². The number of esters is 1. The number of benzene rings is 1. The monoisotopic (exact) mass is 239 g/mol. The van der Waals surface area contributed by atoms with E-state index < -0.39 is 5.97 Å². The second-order valence-electron chi connectivity index (χ2n) is 2.99. The molecule has 0 heterocycles. The fourth-order valence-corrected chi connectivity index (χ4v) is 1.20. The first-order valence-electron chi connectivity index (χ1n) is 4.77. The van der Waals surface area contributed by atoms with Gasteiger partial charge in [-0.25, -0.2) is 4.79 Å². The molecule has 6 heteroatoms. The lowest BCUT2D eigenvalue weighted by molar-refractivity contribution is -0.142. The highest BCUT2D eigenvalue weighted by molar-refractivity contribution is 5.85. The second-order valence-corrected chi connectivity index (χ2v) is 2.99. The molecule has 0 radical (unpaired) electrons. The summed E-state index contributed by atoms with van der Waals surface area (Å²) in [5.74, 6) is 0.243. The summed E-state index contributed by atoms with van der Waals surface area (Å²) in [4.78, 5) is 11.0. The number of carbonyl (C=O) groups excluding carboxylic acids is 1. The zero-order valence-corrected chi connectivity index (χ0v) is 9.54. The Kier molecular flexibility index (Phi) is 4.80. The first-order valence-corrected chi connectivity index (χ1v) is 4.77. The Hall–Kier alpha value is -2.24. The van der Waals surface area contributed by atoms with Crippen LogP contribution in [0.15, 0.2) is 23.4 Å². The van der Waals surface area contributed by atoms with Crippen molar-refractivity contribution in [1.29, 1.82) is 0 Å². The molecule has 0 amide bonds. The number of para-hydroxylation sites is 1. The second kappa shape index (κ2) is 6.37. The number of hydrogen-bond acceptors (Lipinski definition) is 6. The summed E-state index contributed by atoms with van der Waals surface area (Å²) in [5.41, 5.74) is 0.496. The van der Waals surface area contributed by atoms with Gasteiger partial charge in [-0.3, -0.25) is 0 Å². The van der Waals surface area contributed by atoms with Crippen LogP contribution >= 0.6 is 0 Å². The van der Waals surface area contributed by atoms with Crippen LogP contribution in [-0.4, -0.2) is 38.2 Å². The number of carbonyl (C=O) groups is 1. The molecule has 17 heavy (non-hydrogen) atoms. The molecule has 0 aliphatic heterocycles. The molecule has 0 unspecified atom stereocenters. The molecule has 0 atom stereocenters. The maximum Gasteiger partial charge on any atom is 0.343 e. The molecule has 0 aliphatic carbocycles. The van der Waals surface area contributed by atoms with Gasteiger partial charge in [0.1, 0.15) is 0 Å². The van der Waals surface area contributed by atoms with Crippen LogP contribution < -0.4 is 9.47 Å². The van der Waals surface area contributed by atoms with Gasteiger partial charge in [0, 0.05) is 5.56 Å². The predicted molar refractivity (Wildman–Crippen MR) is 59.9 cm³/mol. The van der Waals surface area contributed by atoms with E-state index in [0.29, 0.717) is 17.1 Å². The van der Waals surface area contributed by atoms with Crippen molar-refractivity contribution < 1.29 is 24.2 Å². The predicted octanol–water partition coefficient (Wildman–Crippen LogP) is 1.06. The van der Waals surface area contributed by atoms with Crippen LogP contribution in [0.5, 0.6) is 11.5 Å². The highest BCUT2D eigenvalue weighted by Gasteiger charge is 2.11. The number of ether oxygens (including phenoxy) is 3. The molecule has 0 fully saturated rings. The molecule has 1 rings (SSSR count). The summed E-state index contributed by atoms with van der Waals surface area (Å²) in [6.07, 6.45) is 1.19. The van der Waals surface area contributed by atoms with Crippen molar-refractivity contribution in [1.82, 2.24) is 0 Å². The average Bonchev–Trinajstić information content (AvgIpc) is 2.36. The molecule has 0 aliphatic rings. The maximum atomic E-state index is 11.0. The van der Waals surface area contributed by atoms with Crippen molar-refractivity contribution in [2.24, 2.45) is 5.16 Å². The first kappa shape index (κ1) is 12.8. The minimum atomic E-state index is -0.511. The minimum absolute atomic E-state index is 0.247. The fraction of sp³-hybridized carbons (Fsp3) is 0.273. The smallest absolute Gasteiger partial charge is 0.343 e. The summed E-state index contributed by atoms with van der Waals surface area (Å²) < 4.78 is 14.8. The minimum Gasteiger partial charge on any atom is -0.493 e. The van der Waals surface area contributed by atoms with Gasteiger partial charge in [0.05, 0.1) is 20.4 Å². The Balaban J connectivity index is 2.96. The Labute approximate surface area is 98.4 Å². The van der Waals surface area contributed by atoms with Crippen LogP contribution in [0.25, 0.3) is 0 Å². The van der Waals surface area contributed by atoms with E-state index in [-0.39, 0.29) is 6.61 Å². The summed E-state index contributed by atoms with van der Waals surface area (Å²) in [5, 5.41) is 11.4. The zero-order valence-electron chi connectivity index (χ0n) is 9.54. The van der Waals surface area contributed by atoms with Gasteiger partial charge in [-0.2, -0.15) is 0 Å². The highest BCUT2D eigenvalue weighted by Crippen LogP contribution is 2.29. The van der Waals surface area contributed by atoms with Gasteiger partial charge in [0.2, 0.25) is 0 Å². The molecule has 1 aromatic carbocycles. The van der Waals surface area contributed by atoms with E-state index in [1.807, 2.05) is 0 Å². The summed E-state index contributed by atoms with van der Waals surface area (Å²) >= 11 is 0. The van der Waals surface area contributed by atoms with E-state index in [1.54, 1.807) is 18.2 Å². The van der Waals surface area contributed by atoms with E-state index in [0.717, 1.165) is 0 Å². The van der Waals surface area contributed by atoms with Crippen molar-refractivity contribution in [2.75, 3.05) is 20.8 Å². The number of rotatable bonds is 5. The number of hydrogen-bond donors (Lipinski definition) is 1. The van der Waals surface area contributed by atoms with Gasteiger partial charge in [0.15, 0.2) is 18.1 Å². The topological polar surface area (TPSA) is 77.4 Å². The van der Waals surface area contributed by atoms with Gasteiger partial charge in [0.25, 0.3) is 0 Å². The lowest BCUT2D eigenvalue weighted by atomic mass is 10.2. The van der Waals surface area contributed by atoms with E-state index in [4.69, 9.17) is 14.7 Å². The molecule has 0 spiro atoms. The van der Waals surface area contributed by atoms with Crippen LogP contribution in [0.1, 0.15) is 5.56 Å². The van der Waals surface area contributed by atoms with Gasteiger partial charge in [-0.1, -0.05) is 11.2 Å². The van der Waals surface area contributed by atoms with Crippen LogP contribution in [0.4, 0.5) is 0 Å². The Morgan fingerprint density at radius 3 is 2.82 bits per heavy atom. The number of nitrogens with zero attached hydrogens (tertiary/aromatic N) is 1. The highest BCUT2D eigenvalue weighted by atomic mass is 16.6. The molecular weight excluding hydrogens is 226 g/mol. The quantitative estimate of drug-likeness (QED) is 0.360. The number of oxime groups is 1. The fourth-order valence-electron chi connectivity index (χ4n) is 1.20. The van der Waals surface area contributed by atoms with Crippen molar-refractivity contribution in [3.05, 3.63) is 23.8 Å². The standard InChI is InChI=1S/C11H13NO5/c1-15-9-5-3-4-8(6-12-14)11(9)17-7-10(13)16-2/h3-6,14H,7H2,1-2H3. The van der Waals surface area contributed by atoms with Crippen molar-refractivity contribution in [2.45, 2.75) is 0 Å². The molecule has 0 aromatic heterocycles. The summed E-state index contributed by atoms with van der Waals surface area (Å²) in [7, 11) is 2.74. The lowest BCUT2D eigenvalue weighted by Gasteiger charge is -2.11. The molecule has 1 aromatic rings. The maximum absolute atomic E-state index is 11.0. The molecule has 1 N–H and O–H groups in total. The van der Waals surface area contributed by atoms with Crippen LogP contribution in [0.3, 0.4) is 0 Å².